The van der Waals surface area contributed by atoms with Crippen molar-refractivity contribution in [3.8, 4) is 0 Å². The Labute approximate surface area is 227 Å². The minimum atomic E-state index is -1.15. The number of hydrogen-bond acceptors (Lipinski definition) is 5. The summed E-state index contributed by atoms with van der Waals surface area (Å²) in [6, 6.07) is 1.08. The van der Waals surface area contributed by atoms with Crippen molar-refractivity contribution < 1.29 is 44.3 Å². The molecule has 0 radical (unpaired) electrons. The summed E-state index contributed by atoms with van der Waals surface area (Å²) >= 11 is 0. The summed E-state index contributed by atoms with van der Waals surface area (Å²) in [5.41, 5.74) is -1.15. The molecule has 5 aliphatic rings. The van der Waals surface area contributed by atoms with E-state index < -0.39 is 23.3 Å². The first-order valence-electron chi connectivity index (χ1n) is 13.5. The van der Waals surface area contributed by atoms with E-state index in [4.69, 9.17) is 0 Å². The van der Waals surface area contributed by atoms with Crippen molar-refractivity contribution in [1.82, 2.24) is 15.1 Å². The molecule has 4 saturated heterocycles. The molecule has 186 valence electrons. The molecule has 7 nitrogen and oxygen atoms in total. The van der Waals surface area contributed by atoms with Crippen LogP contribution in [0.1, 0.15) is 85.0 Å². The molecule has 0 aliphatic carbocycles. The van der Waals surface area contributed by atoms with Crippen LogP contribution in [0.15, 0.2) is 4.99 Å². The van der Waals surface area contributed by atoms with Crippen molar-refractivity contribution in [1.29, 1.82) is 0 Å². The van der Waals surface area contributed by atoms with Crippen LogP contribution in [0.2, 0.25) is 0 Å². The Morgan fingerprint density at radius 1 is 1.03 bits per heavy atom. The molecule has 8 heteroatoms. The monoisotopic (exact) mass is 482 g/mol. The summed E-state index contributed by atoms with van der Waals surface area (Å²) < 4.78 is 0. The number of rotatable bonds is 4. The Morgan fingerprint density at radius 3 is 2.06 bits per heavy atom. The Kier molecular flexibility index (Phi) is 10.1. The van der Waals surface area contributed by atoms with Crippen LogP contribution in [0.4, 0.5) is 0 Å². The standard InChI is InChI=1S/C15H26N2.C11H18N2O3.Na/c1-3-7-16-11-13-9-12(14(16)5-1)10-17-8-4-2-6-15(13)17;1-4-6-7(3)11(5-2)8(14)12-10(16)13-9(11)15;/h12-15H,1-11H2;7H,4-6H2,1-3H3,(H2,12,13,14,15,16);/q;;+1/p-1/t12-,13-,14-,15+;;/m0../s1. The van der Waals surface area contributed by atoms with E-state index in [1.807, 2.05) is 13.8 Å². The number of carbonyl (C=O) groups is 2. The topological polar surface area (TPSA) is 88.1 Å². The van der Waals surface area contributed by atoms with Crippen molar-refractivity contribution in [2.45, 2.75) is 97.1 Å². The van der Waals surface area contributed by atoms with Gasteiger partial charge in [-0.25, -0.2) is 4.99 Å². The van der Waals surface area contributed by atoms with Crippen LogP contribution >= 0.6 is 0 Å². The Balaban J connectivity index is 0.000000186. The fourth-order valence-corrected chi connectivity index (χ4v) is 7.55. The van der Waals surface area contributed by atoms with Gasteiger partial charge in [0.15, 0.2) is 0 Å². The SMILES string of the molecule is C1CCN2C[C@@H]3C[C@@H](CN4CCCC[C@@H]34)[C@H]2C1.CCCC(C)C1(CC)C(=O)N=C([O-])NC1=O.[Na+]. The van der Waals surface area contributed by atoms with E-state index >= 15 is 0 Å². The first-order chi connectivity index (χ1) is 15.9. The van der Waals surface area contributed by atoms with Gasteiger partial charge >= 0.3 is 29.6 Å². The molecule has 0 saturated carbocycles. The predicted molar refractivity (Wildman–Crippen MR) is 127 cm³/mol. The van der Waals surface area contributed by atoms with Crippen LogP contribution in [-0.4, -0.2) is 65.9 Å². The van der Waals surface area contributed by atoms with Gasteiger partial charge in [0.1, 0.15) is 5.41 Å². The van der Waals surface area contributed by atoms with Crippen LogP contribution in [-0.2, 0) is 9.59 Å². The van der Waals surface area contributed by atoms with E-state index in [2.05, 4.69) is 20.1 Å². The van der Waals surface area contributed by atoms with Crippen LogP contribution in [0.3, 0.4) is 0 Å². The largest absolute Gasteiger partial charge is 1.00 e. The molecule has 0 spiro atoms. The van der Waals surface area contributed by atoms with Gasteiger partial charge in [0.25, 0.3) is 5.91 Å². The van der Waals surface area contributed by atoms with Crippen LogP contribution in [0, 0.1) is 23.2 Å². The van der Waals surface area contributed by atoms with E-state index in [0.29, 0.717) is 6.42 Å². The number of hydrogen-bond donors (Lipinski definition) is 1. The zero-order valence-electron chi connectivity index (χ0n) is 21.9. The van der Waals surface area contributed by atoms with Gasteiger partial charge in [0.05, 0.1) is 6.02 Å². The van der Waals surface area contributed by atoms with E-state index in [0.717, 1.165) is 36.8 Å². The summed E-state index contributed by atoms with van der Waals surface area (Å²) in [6.45, 7) is 11.3. The number of nitrogens with zero attached hydrogens (tertiary/aromatic N) is 3. The third kappa shape index (κ3) is 5.44. The van der Waals surface area contributed by atoms with Gasteiger partial charge in [-0.2, -0.15) is 0 Å². The quantitative estimate of drug-likeness (QED) is 0.433. The van der Waals surface area contributed by atoms with Gasteiger partial charge in [0, 0.05) is 25.2 Å². The first kappa shape index (κ1) is 28.1. The molecule has 2 amide bonds. The molecule has 34 heavy (non-hydrogen) atoms. The van der Waals surface area contributed by atoms with Crippen molar-refractivity contribution in [2.75, 3.05) is 26.2 Å². The number of amidine groups is 1. The molecular formula is C26H43N4NaO3. The van der Waals surface area contributed by atoms with Crippen LogP contribution in [0.5, 0.6) is 0 Å². The normalized spacial score (nSPS) is 36.5. The molecule has 6 atom stereocenters. The average Bonchev–Trinajstić information content (AvgIpc) is 2.80. The summed E-state index contributed by atoms with van der Waals surface area (Å²) in [6.07, 6.45) is 12.5. The maximum Gasteiger partial charge on any atom is 1.00 e. The van der Waals surface area contributed by atoms with E-state index in [1.165, 1.54) is 64.7 Å². The fraction of sp³-hybridized carbons (Fsp3) is 0.885. The second-order valence-corrected chi connectivity index (χ2v) is 11.1. The molecule has 2 unspecified atom stereocenters. The summed E-state index contributed by atoms with van der Waals surface area (Å²) in [5.74, 6) is 0.837. The molecule has 0 aromatic heterocycles. The van der Waals surface area contributed by atoms with Crippen molar-refractivity contribution >= 4 is 17.8 Å². The smallest absolute Gasteiger partial charge is 0.846 e. The molecule has 4 fully saturated rings. The van der Waals surface area contributed by atoms with Gasteiger partial charge in [0.2, 0.25) is 5.91 Å². The van der Waals surface area contributed by atoms with Crippen molar-refractivity contribution in [2.24, 2.45) is 28.2 Å². The molecule has 1 N–H and O–H groups in total. The molecule has 5 rings (SSSR count). The van der Waals surface area contributed by atoms with Gasteiger partial charge < -0.3 is 10.4 Å². The number of aliphatic imine (C=N–C) groups is 1. The maximum atomic E-state index is 11.9. The first-order valence-corrected chi connectivity index (χ1v) is 13.5. The third-order valence-electron chi connectivity index (χ3n) is 9.29. The number of fused-ring (bicyclic) bond motifs is 6. The third-order valence-corrected chi connectivity index (χ3v) is 9.29. The second kappa shape index (κ2) is 12.2. The second-order valence-electron chi connectivity index (χ2n) is 11.1. The Bertz CT molecular complexity index is 734. The van der Waals surface area contributed by atoms with E-state index in [1.54, 1.807) is 13.3 Å². The van der Waals surface area contributed by atoms with Crippen molar-refractivity contribution in [3.05, 3.63) is 0 Å². The molecule has 5 heterocycles. The van der Waals surface area contributed by atoms with Crippen LogP contribution in [0.25, 0.3) is 0 Å². The van der Waals surface area contributed by atoms with Gasteiger partial charge in [-0.05, 0) is 75.8 Å². The molecule has 0 aromatic carbocycles. The minimum absolute atomic E-state index is 0. The molecule has 5 aliphatic heterocycles. The van der Waals surface area contributed by atoms with Gasteiger partial charge in [-0.1, -0.05) is 40.0 Å². The summed E-state index contributed by atoms with van der Waals surface area (Å²) in [5, 5.41) is 13.1. The zero-order valence-corrected chi connectivity index (χ0v) is 23.9. The summed E-state index contributed by atoms with van der Waals surface area (Å²) in [4.78, 5) is 32.8. The fourth-order valence-electron chi connectivity index (χ4n) is 7.55. The van der Waals surface area contributed by atoms with E-state index in [9.17, 15) is 14.7 Å². The molecule has 2 bridgehead atoms. The van der Waals surface area contributed by atoms with Crippen molar-refractivity contribution in [3.63, 3.8) is 0 Å². The molecule has 0 aromatic rings. The summed E-state index contributed by atoms with van der Waals surface area (Å²) in [7, 11) is 0. The van der Waals surface area contributed by atoms with Gasteiger partial charge in [-0.3, -0.25) is 19.4 Å². The predicted octanol–water partition coefficient (Wildman–Crippen LogP) is -0.459. The maximum absolute atomic E-state index is 11.9. The number of carbonyl (C=O) groups excluding carboxylic acids is 2. The number of nitrogens with one attached hydrogen (secondary N) is 1. The zero-order chi connectivity index (χ0) is 23.6. The van der Waals surface area contributed by atoms with Crippen LogP contribution < -0.4 is 40.0 Å². The number of amides is 2. The minimum Gasteiger partial charge on any atom is -0.846 e. The molecular weight excluding hydrogens is 439 g/mol. The Hall–Kier alpha value is -0.470. The van der Waals surface area contributed by atoms with E-state index in [-0.39, 0.29) is 35.5 Å². The van der Waals surface area contributed by atoms with Gasteiger partial charge in [-0.15, -0.1) is 0 Å². The Morgan fingerprint density at radius 2 is 1.59 bits per heavy atom. The number of piperidine rings is 4. The average molecular weight is 483 g/mol.